The predicted octanol–water partition coefficient (Wildman–Crippen LogP) is 4.21. The van der Waals surface area contributed by atoms with Crippen molar-refractivity contribution in [3.05, 3.63) is 59.2 Å². The third-order valence-corrected chi connectivity index (χ3v) is 3.05. The highest BCUT2D eigenvalue weighted by atomic mass is 19.4. The van der Waals surface area contributed by atoms with Crippen LogP contribution in [0, 0.1) is 6.92 Å². The smallest absolute Gasteiger partial charge is 0.399 e. The Balaban J connectivity index is 2.21. The number of rotatable bonds is 3. The van der Waals surface area contributed by atoms with Gasteiger partial charge in [0.2, 0.25) is 0 Å². The van der Waals surface area contributed by atoms with Gasteiger partial charge in [0, 0.05) is 17.9 Å². The van der Waals surface area contributed by atoms with Gasteiger partial charge in [-0.1, -0.05) is 24.3 Å². The average Bonchev–Trinajstić information content (AvgIpc) is 2.39. The zero-order valence-electron chi connectivity index (χ0n) is 11.0. The first-order valence-corrected chi connectivity index (χ1v) is 6.13. The molecule has 0 saturated heterocycles. The second kappa shape index (κ2) is 5.45. The summed E-state index contributed by atoms with van der Waals surface area (Å²) in [5.41, 5.74) is 7.51. The van der Waals surface area contributed by atoms with Crippen molar-refractivity contribution in [1.29, 1.82) is 0 Å². The molecule has 0 aliphatic rings. The van der Waals surface area contributed by atoms with E-state index in [9.17, 15) is 13.2 Å². The molecule has 0 atom stereocenters. The van der Waals surface area contributed by atoms with E-state index in [1.807, 2.05) is 13.0 Å². The number of nitrogens with one attached hydrogen (secondary N) is 1. The molecule has 0 fully saturated rings. The molecule has 2 aromatic carbocycles. The van der Waals surface area contributed by atoms with Gasteiger partial charge in [0.25, 0.3) is 0 Å². The lowest BCUT2D eigenvalue weighted by Gasteiger charge is -2.15. The minimum Gasteiger partial charge on any atom is -0.399 e. The standard InChI is InChI=1S/C15H15F3N2/c1-10-6-7-12(19)8-14(10)20-9-11-4-2-3-5-13(11)15(16,17)18/h2-8,20H,9,19H2,1H3. The van der Waals surface area contributed by atoms with Gasteiger partial charge in [-0.05, 0) is 36.2 Å². The highest BCUT2D eigenvalue weighted by molar-refractivity contribution is 5.59. The van der Waals surface area contributed by atoms with Gasteiger partial charge in [-0.3, -0.25) is 0 Å². The molecular formula is C15H15F3N2. The number of anilines is 2. The largest absolute Gasteiger partial charge is 0.416 e. The Kier molecular flexibility index (Phi) is 3.88. The summed E-state index contributed by atoms with van der Waals surface area (Å²) < 4.78 is 38.6. The summed E-state index contributed by atoms with van der Waals surface area (Å²) >= 11 is 0. The minimum absolute atomic E-state index is 0.0972. The van der Waals surface area contributed by atoms with Crippen LogP contribution < -0.4 is 11.1 Å². The van der Waals surface area contributed by atoms with Crippen molar-refractivity contribution in [1.82, 2.24) is 0 Å². The second-order valence-corrected chi connectivity index (χ2v) is 4.58. The van der Waals surface area contributed by atoms with Crippen LogP contribution in [0.4, 0.5) is 24.5 Å². The maximum absolute atomic E-state index is 12.9. The number of halogens is 3. The lowest BCUT2D eigenvalue weighted by atomic mass is 10.1. The fourth-order valence-electron chi connectivity index (χ4n) is 1.97. The summed E-state index contributed by atoms with van der Waals surface area (Å²) in [4.78, 5) is 0. The van der Waals surface area contributed by atoms with Crippen molar-refractivity contribution in [2.45, 2.75) is 19.6 Å². The van der Waals surface area contributed by atoms with Crippen LogP contribution >= 0.6 is 0 Å². The first-order valence-electron chi connectivity index (χ1n) is 6.13. The number of benzene rings is 2. The maximum atomic E-state index is 12.9. The second-order valence-electron chi connectivity index (χ2n) is 4.58. The van der Waals surface area contributed by atoms with Crippen molar-refractivity contribution < 1.29 is 13.2 Å². The van der Waals surface area contributed by atoms with Gasteiger partial charge >= 0.3 is 6.18 Å². The fourth-order valence-corrected chi connectivity index (χ4v) is 1.97. The lowest BCUT2D eigenvalue weighted by molar-refractivity contribution is -0.138. The van der Waals surface area contributed by atoms with Gasteiger partial charge in [0.1, 0.15) is 0 Å². The van der Waals surface area contributed by atoms with Gasteiger partial charge in [-0.25, -0.2) is 0 Å². The van der Waals surface area contributed by atoms with Crippen LogP contribution in [0.25, 0.3) is 0 Å². The third kappa shape index (κ3) is 3.23. The highest BCUT2D eigenvalue weighted by Crippen LogP contribution is 2.32. The molecule has 106 valence electrons. The van der Waals surface area contributed by atoms with Crippen molar-refractivity contribution in [3.8, 4) is 0 Å². The molecule has 0 aliphatic carbocycles. The summed E-state index contributed by atoms with van der Waals surface area (Å²) in [6, 6.07) is 10.8. The lowest BCUT2D eigenvalue weighted by Crippen LogP contribution is -2.12. The average molecular weight is 280 g/mol. The quantitative estimate of drug-likeness (QED) is 0.827. The summed E-state index contributed by atoms with van der Waals surface area (Å²) in [5.74, 6) is 0. The first-order chi connectivity index (χ1) is 9.38. The molecule has 0 heterocycles. The summed E-state index contributed by atoms with van der Waals surface area (Å²) in [6.07, 6.45) is -4.34. The number of aryl methyl sites for hydroxylation is 1. The van der Waals surface area contributed by atoms with E-state index in [2.05, 4.69) is 5.32 Å². The highest BCUT2D eigenvalue weighted by Gasteiger charge is 2.32. The van der Waals surface area contributed by atoms with Crippen LogP contribution in [0.1, 0.15) is 16.7 Å². The summed E-state index contributed by atoms with van der Waals surface area (Å²) in [5, 5.41) is 3.00. The van der Waals surface area contributed by atoms with Gasteiger partial charge in [-0.2, -0.15) is 13.2 Å². The number of alkyl halides is 3. The summed E-state index contributed by atoms with van der Waals surface area (Å²) in [7, 11) is 0. The van der Waals surface area contributed by atoms with E-state index in [0.29, 0.717) is 5.69 Å². The topological polar surface area (TPSA) is 38.0 Å². The Hall–Kier alpha value is -2.17. The molecule has 0 bridgehead atoms. The molecule has 2 nitrogen and oxygen atoms in total. The molecule has 5 heteroatoms. The monoisotopic (exact) mass is 280 g/mol. The third-order valence-electron chi connectivity index (χ3n) is 3.05. The first kappa shape index (κ1) is 14.2. The Bertz CT molecular complexity index is 606. The van der Waals surface area contributed by atoms with Crippen molar-refractivity contribution in [3.63, 3.8) is 0 Å². The van der Waals surface area contributed by atoms with Crippen LogP contribution in [0.2, 0.25) is 0 Å². The van der Waals surface area contributed by atoms with E-state index < -0.39 is 11.7 Å². The number of nitrogens with two attached hydrogens (primary N) is 1. The molecule has 2 aromatic rings. The normalized spacial score (nSPS) is 11.4. The molecule has 2 rings (SSSR count). The SMILES string of the molecule is Cc1ccc(N)cc1NCc1ccccc1C(F)(F)F. The van der Waals surface area contributed by atoms with Crippen molar-refractivity contribution in [2.24, 2.45) is 0 Å². The predicted molar refractivity (Wildman–Crippen MR) is 74.4 cm³/mol. The Labute approximate surface area is 115 Å². The number of hydrogen-bond donors (Lipinski definition) is 2. The number of hydrogen-bond acceptors (Lipinski definition) is 2. The van der Waals surface area contributed by atoms with Crippen LogP contribution in [0.3, 0.4) is 0 Å². The zero-order valence-corrected chi connectivity index (χ0v) is 11.0. The van der Waals surface area contributed by atoms with E-state index >= 15 is 0 Å². The van der Waals surface area contributed by atoms with E-state index in [-0.39, 0.29) is 12.1 Å². The summed E-state index contributed by atoms with van der Waals surface area (Å²) in [6.45, 7) is 1.97. The van der Waals surface area contributed by atoms with Crippen molar-refractivity contribution in [2.75, 3.05) is 11.1 Å². The molecule has 0 amide bonds. The molecule has 0 aliphatic heterocycles. The molecule has 3 N–H and O–H groups in total. The van der Waals surface area contributed by atoms with Crippen LogP contribution in [0.5, 0.6) is 0 Å². The van der Waals surface area contributed by atoms with E-state index in [4.69, 9.17) is 5.73 Å². The van der Waals surface area contributed by atoms with E-state index in [1.165, 1.54) is 12.1 Å². The molecular weight excluding hydrogens is 265 g/mol. The minimum atomic E-state index is -4.34. The number of nitrogen functional groups attached to an aromatic ring is 1. The molecule has 0 saturated carbocycles. The zero-order chi connectivity index (χ0) is 14.8. The molecule has 0 unspecified atom stereocenters. The van der Waals surface area contributed by atoms with Gasteiger partial charge in [0.15, 0.2) is 0 Å². The van der Waals surface area contributed by atoms with Gasteiger partial charge in [0.05, 0.1) is 5.56 Å². The van der Waals surface area contributed by atoms with E-state index in [0.717, 1.165) is 17.3 Å². The Morgan fingerprint density at radius 1 is 1.10 bits per heavy atom. The van der Waals surface area contributed by atoms with Gasteiger partial charge in [-0.15, -0.1) is 0 Å². The molecule has 0 radical (unpaired) electrons. The molecule has 0 aromatic heterocycles. The fraction of sp³-hybridized carbons (Fsp3) is 0.200. The van der Waals surface area contributed by atoms with Gasteiger partial charge < -0.3 is 11.1 Å². The van der Waals surface area contributed by atoms with E-state index in [1.54, 1.807) is 18.2 Å². The molecule has 0 spiro atoms. The van der Waals surface area contributed by atoms with Crippen LogP contribution in [-0.2, 0) is 12.7 Å². The Morgan fingerprint density at radius 3 is 2.50 bits per heavy atom. The molecule has 20 heavy (non-hydrogen) atoms. The maximum Gasteiger partial charge on any atom is 0.416 e. The van der Waals surface area contributed by atoms with Crippen LogP contribution in [0.15, 0.2) is 42.5 Å². The van der Waals surface area contributed by atoms with Crippen molar-refractivity contribution >= 4 is 11.4 Å². The Morgan fingerprint density at radius 2 is 1.80 bits per heavy atom. The van der Waals surface area contributed by atoms with Crippen LogP contribution in [-0.4, -0.2) is 0 Å².